The highest BCUT2D eigenvalue weighted by Crippen LogP contribution is 2.30. The normalized spacial score (nSPS) is 13.5. The summed E-state index contributed by atoms with van der Waals surface area (Å²) in [5.41, 5.74) is 1.40. The van der Waals surface area contributed by atoms with Crippen molar-refractivity contribution >= 4 is 29.1 Å². The molecule has 0 aliphatic heterocycles. The third-order valence-corrected chi connectivity index (χ3v) is 5.22. The second-order valence-corrected chi connectivity index (χ2v) is 7.47. The molecule has 1 aromatic heterocycles. The number of rotatable bonds is 8. The molecule has 3 rings (SSSR count). The summed E-state index contributed by atoms with van der Waals surface area (Å²) in [5.74, 6) is -2.03. The molecule has 35 heavy (non-hydrogen) atoms. The van der Waals surface area contributed by atoms with E-state index in [0.717, 1.165) is 0 Å². The van der Waals surface area contributed by atoms with Crippen LogP contribution in [0.2, 0.25) is 0 Å². The summed E-state index contributed by atoms with van der Waals surface area (Å²) in [6, 6.07) is 7.73. The van der Waals surface area contributed by atoms with Crippen molar-refractivity contribution in [2.24, 2.45) is 0 Å². The minimum atomic E-state index is -0.605. The average molecular weight is 480 g/mol. The van der Waals surface area contributed by atoms with Gasteiger partial charge in [0.05, 0.1) is 38.8 Å². The van der Waals surface area contributed by atoms with E-state index in [2.05, 4.69) is 10.3 Å². The monoisotopic (exact) mass is 480 g/mol. The first-order valence-electron chi connectivity index (χ1n) is 10.4. The number of hydrogen-bond donors (Lipinski definition) is 1. The predicted octanol–water partition coefficient (Wildman–Crippen LogP) is 2.78. The second-order valence-electron chi connectivity index (χ2n) is 7.47. The van der Waals surface area contributed by atoms with Crippen molar-refractivity contribution < 1.29 is 38.1 Å². The van der Waals surface area contributed by atoms with Crippen LogP contribution in [0.25, 0.3) is 0 Å². The molecule has 1 heterocycles. The fourth-order valence-electron chi connectivity index (χ4n) is 3.49. The highest BCUT2D eigenvalue weighted by molar-refractivity contribution is 6.23. The summed E-state index contributed by atoms with van der Waals surface area (Å²) >= 11 is 0. The van der Waals surface area contributed by atoms with Gasteiger partial charge < -0.3 is 24.3 Å². The third-order valence-electron chi connectivity index (χ3n) is 5.22. The lowest BCUT2D eigenvalue weighted by atomic mass is 9.88. The van der Waals surface area contributed by atoms with E-state index in [1.165, 1.54) is 53.5 Å². The van der Waals surface area contributed by atoms with Gasteiger partial charge in [-0.15, -0.1) is 0 Å². The van der Waals surface area contributed by atoms with Crippen LogP contribution in [0.4, 0.5) is 5.69 Å². The van der Waals surface area contributed by atoms with Gasteiger partial charge in [-0.2, -0.15) is 0 Å². The number of Topliss-reactive ketones (excluding diaryl/α,β-unsaturated/α-hetero) is 2. The number of pyridine rings is 1. The summed E-state index contributed by atoms with van der Waals surface area (Å²) in [4.78, 5) is 54.3. The number of methoxy groups -OCH3 is 3. The van der Waals surface area contributed by atoms with E-state index >= 15 is 0 Å². The first-order valence-corrected chi connectivity index (χ1v) is 10.4. The predicted molar refractivity (Wildman–Crippen MR) is 124 cm³/mol. The lowest BCUT2D eigenvalue weighted by Crippen LogP contribution is -2.26. The van der Waals surface area contributed by atoms with Gasteiger partial charge in [-0.25, -0.2) is 4.98 Å². The molecule has 10 heteroatoms. The Kier molecular flexibility index (Phi) is 7.65. The number of nitrogens with one attached hydrogen (secondary N) is 1. The van der Waals surface area contributed by atoms with Gasteiger partial charge in [0, 0.05) is 30.6 Å². The van der Waals surface area contributed by atoms with Crippen LogP contribution in [0.5, 0.6) is 11.6 Å². The Hall–Kier alpha value is -4.47. The van der Waals surface area contributed by atoms with E-state index in [1.54, 1.807) is 18.2 Å². The van der Waals surface area contributed by atoms with Gasteiger partial charge in [0.25, 0.3) is 5.91 Å². The Balaban J connectivity index is 1.95. The minimum Gasteiger partial charge on any atom is -0.489 e. The molecule has 0 fully saturated rings. The van der Waals surface area contributed by atoms with E-state index in [9.17, 15) is 19.2 Å². The molecule has 0 radical (unpaired) electrons. The standard InChI is InChI=1S/C25H24N2O8/c1-13-17(22(30)24(34-5)23(33-4)21(13)29)10-15-6-8-19(35-14(2)28)18(11-15)25(31)27-16-7-9-20(32-3)26-12-16/h6-9,11-12H,10H2,1-5H3,(H,27,31). The van der Waals surface area contributed by atoms with Crippen LogP contribution in [-0.2, 0) is 30.3 Å². The number of aromatic nitrogens is 1. The fourth-order valence-corrected chi connectivity index (χ4v) is 3.49. The molecular weight excluding hydrogens is 456 g/mol. The molecule has 0 unspecified atom stereocenters. The number of carbonyl (C=O) groups is 4. The molecule has 1 aliphatic carbocycles. The Labute approximate surface area is 201 Å². The molecule has 0 saturated carbocycles. The zero-order valence-corrected chi connectivity index (χ0v) is 19.9. The van der Waals surface area contributed by atoms with E-state index in [4.69, 9.17) is 18.9 Å². The Bertz CT molecular complexity index is 1260. The number of carbonyl (C=O) groups excluding carboxylic acids is 4. The molecule has 1 amide bonds. The van der Waals surface area contributed by atoms with Crippen LogP contribution < -0.4 is 14.8 Å². The molecular formula is C25H24N2O8. The van der Waals surface area contributed by atoms with E-state index in [-0.39, 0.29) is 40.4 Å². The number of benzene rings is 1. The zero-order chi connectivity index (χ0) is 25.7. The van der Waals surface area contributed by atoms with Crippen molar-refractivity contribution in [3.8, 4) is 11.6 Å². The lowest BCUT2D eigenvalue weighted by molar-refractivity contribution is -0.131. The number of ketones is 2. The van der Waals surface area contributed by atoms with Crippen molar-refractivity contribution in [3.05, 3.63) is 70.3 Å². The van der Waals surface area contributed by atoms with Crippen molar-refractivity contribution in [2.75, 3.05) is 26.6 Å². The molecule has 1 aromatic carbocycles. The number of allylic oxidation sites excluding steroid dienone is 2. The zero-order valence-electron chi connectivity index (χ0n) is 19.9. The average Bonchev–Trinajstić information content (AvgIpc) is 2.84. The number of hydrogen-bond acceptors (Lipinski definition) is 9. The fraction of sp³-hybridized carbons (Fsp3) is 0.240. The maximum atomic E-state index is 13.0. The topological polar surface area (TPSA) is 130 Å². The van der Waals surface area contributed by atoms with Crippen molar-refractivity contribution in [1.82, 2.24) is 4.98 Å². The van der Waals surface area contributed by atoms with Gasteiger partial charge in [0.1, 0.15) is 5.75 Å². The number of ether oxygens (including phenoxy) is 4. The SMILES string of the molecule is COC1=C(OC)C(=O)C(Cc2ccc(OC(C)=O)c(C(=O)Nc3ccc(OC)nc3)c2)=C(C)C1=O. The second kappa shape index (κ2) is 10.6. The summed E-state index contributed by atoms with van der Waals surface area (Å²) in [6.45, 7) is 2.74. The summed E-state index contributed by atoms with van der Waals surface area (Å²) in [6.07, 6.45) is 1.45. The Morgan fingerprint density at radius 1 is 0.943 bits per heavy atom. The third kappa shape index (κ3) is 5.37. The summed E-state index contributed by atoms with van der Waals surface area (Å²) < 4.78 is 20.4. The van der Waals surface area contributed by atoms with Gasteiger partial charge in [-0.3, -0.25) is 19.2 Å². The van der Waals surface area contributed by atoms with Crippen LogP contribution in [0, 0.1) is 0 Å². The van der Waals surface area contributed by atoms with Crippen LogP contribution in [0.3, 0.4) is 0 Å². The van der Waals surface area contributed by atoms with Crippen molar-refractivity contribution in [2.45, 2.75) is 20.3 Å². The molecule has 0 spiro atoms. The molecule has 182 valence electrons. The molecule has 10 nitrogen and oxygen atoms in total. The van der Waals surface area contributed by atoms with E-state index in [1.807, 2.05) is 0 Å². The first-order chi connectivity index (χ1) is 16.7. The van der Waals surface area contributed by atoms with E-state index in [0.29, 0.717) is 17.1 Å². The number of anilines is 1. The molecule has 1 aliphatic rings. The van der Waals surface area contributed by atoms with Gasteiger partial charge in [0.15, 0.2) is 0 Å². The smallest absolute Gasteiger partial charge is 0.308 e. The highest BCUT2D eigenvalue weighted by Gasteiger charge is 2.34. The summed E-state index contributed by atoms with van der Waals surface area (Å²) in [5, 5.41) is 2.68. The first kappa shape index (κ1) is 25.2. The summed E-state index contributed by atoms with van der Waals surface area (Å²) in [7, 11) is 4.04. The molecule has 2 aromatic rings. The molecule has 0 saturated heterocycles. The largest absolute Gasteiger partial charge is 0.489 e. The number of amides is 1. The maximum absolute atomic E-state index is 13.0. The molecule has 0 bridgehead atoms. The van der Waals surface area contributed by atoms with Crippen molar-refractivity contribution in [3.63, 3.8) is 0 Å². The number of nitrogens with zero attached hydrogens (tertiary/aromatic N) is 1. The van der Waals surface area contributed by atoms with Crippen molar-refractivity contribution in [1.29, 1.82) is 0 Å². The van der Waals surface area contributed by atoms with Crippen LogP contribution >= 0.6 is 0 Å². The van der Waals surface area contributed by atoms with Gasteiger partial charge in [-0.1, -0.05) is 6.07 Å². The van der Waals surface area contributed by atoms with Gasteiger partial charge in [0.2, 0.25) is 29.0 Å². The van der Waals surface area contributed by atoms with Gasteiger partial charge in [-0.05, 0) is 30.7 Å². The lowest BCUT2D eigenvalue weighted by Gasteiger charge is -2.20. The highest BCUT2D eigenvalue weighted by atomic mass is 16.5. The molecule has 0 atom stereocenters. The number of esters is 1. The van der Waals surface area contributed by atoms with Gasteiger partial charge >= 0.3 is 5.97 Å². The van der Waals surface area contributed by atoms with Crippen LogP contribution in [0.1, 0.15) is 29.8 Å². The Morgan fingerprint density at radius 3 is 2.20 bits per heavy atom. The maximum Gasteiger partial charge on any atom is 0.308 e. The quantitative estimate of drug-likeness (QED) is 0.344. The van der Waals surface area contributed by atoms with E-state index < -0.39 is 23.4 Å². The molecule has 1 N–H and O–H groups in total. The Morgan fingerprint density at radius 2 is 1.63 bits per heavy atom. The van der Waals surface area contributed by atoms with Crippen LogP contribution in [-0.4, -0.2) is 49.8 Å². The minimum absolute atomic E-state index is 0.0327. The van der Waals surface area contributed by atoms with Crippen LogP contribution in [0.15, 0.2) is 59.2 Å².